The number of hydrogen-bond donors (Lipinski definition) is 6. The lowest BCUT2D eigenvalue weighted by atomic mass is 10.1. The van der Waals surface area contributed by atoms with Crippen LogP contribution in [0.3, 0.4) is 0 Å². The van der Waals surface area contributed by atoms with Gasteiger partial charge in [0.25, 0.3) is 0 Å². The summed E-state index contributed by atoms with van der Waals surface area (Å²) in [5.74, 6) is -0.307. The van der Waals surface area contributed by atoms with Crippen LogP contribution >= 0.6 is 31.9 Å². The largest absolute Gasteiger partial charge is 0.504 e. The second-order valence-electron chi connectivity index (χ2n) is 6.67. The molecular weight excluding hydrogens is 530 g/mol. The Hall–Kier alpha value is -2.03. The number of anilines is 1. The summed E-state index contributed by atoms with van der Waals surface area (Å²) in [6.07, 6.45) is -1.49. The first kappa shape index (κ1) is 21.2. The first-order valence-corrected chi connectivity index (χ1v) is 10.3. The van der Waals surface area contributed by atoms with E-state index in [1.807, 2.05) is 0 Å². The fraction of sp³-hybridized carbons (Fsp3) is 0.353. The average molecular weight is 547 g/mol. The van der Waals surface area contributed by atoms with Gasteiger partial charge in [0.05, 0.1) is 23.6 Å². The summed E-state index contributed by atoms with van der Waals surface area (Å²) in [4.78, 5) is 12.8. The molecule has 1 fully saturated rings. The summed E-state index contributed by atoms with van der Waals surface area (Å²) in [5.41, 5.74) is 1.44. The van der Waals surface area contributed by atoms with Crippen molar-refractivity contribution in [2.75, 3.05) is 11.9 Å². The lowest BCUT2D eigenvalue weighted by Gasteiger charge is -2.16. The number of nitrogens with one attached hydrogen (secondary N) is 1. The van der Waals surface area contributed by atoms with Crippen LogP contribution in [0.4, 0.5) is 5.95 Å². The molecule has 0 unspecified atom stereocenters. The molecule has 1 saturated heterocycles. The van der Waals surface area contributed by atoms with Gasteiger partial charge in [-0.05, 0) is 43.5 Å². The summed E-state index contributed by atoms with van der Waals surface area (Å²) in [6.45, 7) is -0.215. The minimum absolute atomic E-state index is 0.223. The predicted molar refractivity (Wildman–Crippen MR) is 111 cm³/mol. The van der Waals surface area contributed by atoms with Gasteiger partial charge in [-0.2, -0.15) is 4.98 Å². The van der Waals surface area contributed by atoms with E-state index in [-0.39, 0.29) is 24.0 Å². The van der Waals surface area contributed by atoms with Crippen molar-refractivity contribution in [3.63, 3.8) is 0 Å². The molecule has 3 heterocycles. The molecule has 160 valence electrons. The number of aromatic hydroxyl groups is 2. The van der Waals surface area contributed by atoms with Gasteiger partial charge < -0.3 is 35.6 Å². The number of aromatic nitrogens is 4. The van der Waals surface area contributed by atoms with Gasteiger partial charge in [0.15, 0.2) is 23.4 Å². The van der Waals surface area contributed by atoms with Crippen molar-refractivity contribution in [3.8, 4) is 11.5 Å². The number of imidazole rings is 1. The average Bonchev–Trinajstić information content (AvgIpc) is 3.28. The van der Waals surface area contributed by atoms with E-state index in [0.717, 1.165) is 0 Å². The van der Waals surface area contributed by atoms with Gasteiger partial charge in [-0.25, -0.2) is 9.97 Å². The molecule has 1 aliphatic heterocycles. The first-order chi connectivity index (χ1) is 14.3. The maximum atomic E-state index is 10.3. The summed E-state index contributed by atoms with van der Waals surface area (Å²) >= 11 is 6.55. The zero-order valence-corrected chi connectivity index (χ0v) is 18.3. The van der Waals surface area contributed by atoms with Gasteiger partial charge in [0.1, 0.15) is 23.8 Å². The van der Waals surface area contributed by atoms with Crippen molar-refractivity contribution in [2.24, 2.45) is 0 Å². The van der Waals surface area contributed by atoms with E-state index in [0.29, 0.717) is 25.7 Å². The molecule has 13 heteroatoms. The van der Waals surface area contributed by atoms with E-state index in [1.165, 1.54) is 23.2 Å². The quantitative estimate of drug-likeness (QED) is 0.254. The SMILES string of the molecule is OC[C@H]1O[C@@H](n2cnc3cnc(NCc4cc(O)c(O)c(Br)c4Br)nc32)[C@H](O)[C@@H]1O. The third-order valence-corrected chi connectivity index (χ3v) is 6.99. The molecule has 2 aromatic heterocycles. The molecule has 1 aliphatic rings. The zero-order valence-electron chi connectivity index (χ0n) is 15.1. The molecule has 0 bridgehead atoms. The molecule has 0 radical (unpaired) electrons. The Morgan fingerprint density at radius 3 is 2.60 bits per heavy atom. The second kappa shape index (κ2) is 8.24. The van der Waals surface area contributed by atoms with E-state index in [4.69, 9.17) is 4.74 Å². The monoisotopic (exact) mass is 545 g/mol. The maximum absolute atomic E-state index is 10.3. The summed E-state index contributed by atoms with van der Waals surface area (Å²) in [5, 5.41) is 52.1. The Bertz CT molecular complexity index is 1100. The Kier molecular flexibility index (Phi) is 5.83. The van der Waals surface area contributed by atoms with Gasteiger partial charge in [-0.15, -0.1) is 0 Å². The van der Waals surface area contributed by atoms with Crippen LogP contribution in [0.15, 0.2) is 27.5 Å². The number of phenolic OH excluding ortho intramolecular Hbond substituents is 2. The molecule has 0 spiro atoms. The van der Waals surface area contributed by atoms with Crippen LogP contribution in [0.5, 0.6) is 11.5 Å². The number of phenols is 2. The fourth-order valence-electron chi connectivity index (χ4n) is 3.16. The van der Waals surface area contributed by atoms with Crippen LogP contribution < -0.4 is 5.32 Å². The fourth-order valence-corrected chi connectivity index (χ4v) is 4.07. The summed E-state index contributed by atoms with van der Waals surface area (Å²) in [7, 11) is 0. The highest BCUT2D eigenvalue weighted by molar-refractivity contribution is 9.13. The van der Waals surface area contributed by atoms with Crippen LogP contribution in [-0.4, -0.2) is 70.0 Å². The van der Waals surface area contributed by atoms with Gasteiger partial charge >= 0.3 is 0 Å². The number of ether oxygens (including phenoxy) is 1. The van der Waals surface area contributed by atoms with E-state index in [2.05, 4.69) is 52.1 Å². The van der Waals surface area contributed by atoms with Crippen molar-refractivity contribution < 1.29 is 30.3 Å². The molecule has 30 heavy (non-hydrogen) atoms. The Balaban J connectivity index is 1.60. The zero-order chi connectivity index (χ0) is 21.6. The van der Waals surface area contributed by atoms with Crippen LogP contribution in [0.2, 0.25) is 0 Å². The molecule has 4 rings (SSSR count). The minimum Gasteiger partial charge on any atom is -0.504 e. The lowest BCUT2D eigenvalue weighted by molar-refractivity contribution is -0.0511. The number of hydrogen-bond acceptors (Lipinski definition) is 10. The van der Waals surface area contributed by atoms with Gasteiger partial charge in [-0.3, -0.25) is 4.57 Å². The second-order valence-corrected chi connectivity index (χ2v) is 8.25. The predicted octanol–water partition coefficient (Wildman–Crippen LogP) is 0.986. The number of benzene rings is 1. The van der Waals surface area contributed by atoms with Crippen LogP contribution in [0, 0.1) is 0 Å². The Morgan fingerprint density at radius 1 is 1.13 bits per heavy atom. The van der Waals surface area contributed by atoms with E-state index >= 15 is 0 Å². The lowest BCUT2D eigenvalue weighted by Crippen LogP contribution is -2.33. The normalized spacial score (nSPS) is 23.9. The van der Waals surface area contributed by atoms with Crippen LogP contribution in [0.25, 0.3) is 11.2 Å². The molecule has 6 N–H and O–H groups in total. The van der Waals surface area contributed by atoms with Crippen molar-refractivity contribution in [2.45, 2.75) is 31.1 Å². The van der Waals surface area contributed by atoms with Crippen molar-refractivity contribution in [1.29, 1.82) is 0 Å². The highest BCUT2D eigenvalue weighted by Crippen LogP contribution is 2.41. The molecule has 4 atom stereocenters. The summed E-state index contributed by atoms with van der Waals surface area (Å²) < 4.78 is 7.88. The number of halogens is 2. The number of rotatable bonds is 5. The number of aliphatic hydroxyl groups is 3. The Morgan fingerprint density at radius 2 is 1.90 bits per heavy atom. The molecule has 1 aromatic carbocycles. The van der Waals surface area contributed by atoms with E-state index in [9.17, 15) is 25.5 Å². The summed E-state index contributed by atoms with van der Waals surface area (Å²) in [6, 6.07) is 1.40. The minimum atomic E-state index is -1.26. The van der Waals surface area contributed by atoms with Crippen molar-refractivity contribution in [1.82, 2.24) is 19.5 Å². The standard InChI is InChI=1S/C17H17Br2N5O6/c18-10-6(1-8(26)12(27)11(10)19)2-20-17-21-3-7-15(23-17)24(5-22-7)16-14(29)13(28)9(4-25)30-16/h1,3,5,9,13-14,16,25-29H,2,4H2,(H,20,21,23)/t9-,13-,14-,16-/m1/s1. The topological polar surface area (TPSA) is 166 Å². The molecule has 0 amide bonds. The third-order valence-electron chi connectivity index (χ3n) is 4.78. The number of aliphatic hydroxyl groups excluding tert-OH is 3. The van der Waals surface area contributed by atoms with E-state index in [1.54, 1.807) is 0 Å². The highest BCUT2D eigenvalue weighted by Gasteiger charge is 2.43. The van der Waals surface area contributed by atoms with E-state index < -0.39 is 31.1 Å². The Labute approximate surface area is 186 Å². The van der Waals surface area contributed by atoms with Crippen molar-refractivity contribution >= 4 is 49.0 Å². The molecule has 0 saturated carbocycles. The maximum Gasteiger partial charge on any atom is 0.225 e. The smallest absolute Gasteiger partial charge is 0.225 e. The molecule has 3 aromatic rings. The number of nitrogens with zero attached hydrogens (tertiary/aromatic N) is 4. The molecular formula is C17H17Br2N5O6. The first-order valence-electron chi connectivity index (χ1n) is 8.76. The van der Waals surface area contributed by atoms with Crippen LogP contribution in [0.1, 0.15) is 11.8 Å². The van der Waals surface area contributed by atoms with Gasteiger partial charge in [0.2, 0.25) is 5.95 Å². The highest BCUT2D eigenvalue weighted by atomic mass is 79.9. The van der Waals surface area contributed by atoms with Crippen LogP contribution in [-0.2, 0) is 11.3 Å². The van der Waals surface area contributed by atoms with Gasteiger partial charge in [0, 0.05) is 11.0 Å². The molecule has 11 nitrogen and oxygen atoms in total. The number of fused-ring (bicyclic) bond motifs is 1. The third kappa shape index (κ3) is 3.61. The molecule has 0 aliphatic carbocycles. The van der Waals surface area contributed by atoms with Gasteiger partial charge in [-0.1, -0.05) is 0 Å². The van der Waals surface area contributed by atoms with Crippen molar-refractivity contribution in [3.05, 3.63) is 33.1 Å².